The van der Waals surface area contributed by atoms with Crippen molar-refractivity contribution in [3.8, 4) is 5.75 Å². The molecule has 116 valence electrons. The maximum atomic E-state index is 12.0. The summed E-state index contributed by atoms with van der Waals surface area (Å²) in [4.78, 5) is 12.0. The summed E-state index contributed by atoms with van der Waals surface area (Å²) in [5.74, 6) is 1.01. The summed E-state index contributed by atoms with van der Waals surface area (Å²) in [5, 5.41) is 4.30. The van der Waals surface area contributed by atoms with Gasteiger partial charge in [0, 0.05) is 28.2 Å². The highest BCUT2D eigenvalue weighted by atomic mass is 35.5. The molecule has 0 radical (unpaired) electrons. The zero-order valence-corrected chi connectivity index (χ0v) is 13.1. The lowest BCUT2D eigenvalue weighted by molar-refractivity contribution is -0.111. The average Bonchev–Trinajstić information content (AvgIpc) is 2.95. The number of halogens is 1. The molecule has 23 heavy (non-hydrogen) atoms. The van der Waals surface area contributed by atoms with E-state index in [0.717, 1.165) is 11.0 Å². The van der Waals surface area contributed by atoms with Crippen LogP contribution in [0.25, 0.3) is 17.0 Å². The second-order valence-electron chi connectivity index (χ2n) is 4.89. The molecule has 1 aromatic heterocycles. The van der Waals surface area contributed by atoms with Crippen molar-refractivity contribution in [3.05, 3.63) is 65.4 Å². The standard InChI is InChI=1S/C18H14ClNO3/c1-22-15-4-2-3-14(11-15)20-18(21)8-6-16-10-12-9-13(19)5-7-17(12)23-16/h2-11H,1H3,(H,20,21). The van der Waals surface area contributed by atoms with E-state index < -0.39 is 0 Å². The molecule has 0 fully saturated rings. The predicted octanol–water partition coefficient (Wildman–Crippen LogP) is 4.75. The van der Waals surface area contributed by atoms with Crippen LogP contribution in [0.3, 0.4) is 0 Å². The predicted molar refractivity (Wildman–Crippen MR) is 91.9 cm³/mol. The molecule has 0 aliphatic heterocycles. The topological polar surface area (TPSA) is 51.5 Å². The number of carbonyl (C=O) groups is 1. The Morgan fingerprint density at radius 2 is 2.09 bits per heavy atom. The van der Waals surface area contributed by atoms with E-state index in [1.54, 1.807) is 43.5 Å². The van der Waals surface area contributed by atoms with Gasteiger partial charge in [-0.25, -0.2) is 0 Å². The Bertz CT molecular complexity index is 883. The molecular weight excluding hydrogens is 314 g/mol. The number of carbonyl (C=O) groups excluding carboxylic acids is 1. The number of hydrogen-bond donors (Lipinski definition) is 1. The average molecular weight is 328 g/mol. The van der Waals surface area contributed by atoms with E-state index in [9.17, 15) is 4.79 Å². The van der Waals surface area contributed by atoms with Gasteiger partial charge in [0.1, 0.15) is 17.1 Å². The first-order valence-corrected chi connectivity index (χ1v) is 7.34. The molecule has 0 bridgehead atoms. The summed E-state index contributed by atoms with van der Waals surface area (Å²) in [6.07, 6.45) is 3.03. The summed E-state index contributed by atoms with van der Waals surface area (Å²) in [6.45, 7) is 0. The van der Waals surface area contributed by atoms with Crippen LogP contribution in [0.1, 0.15) is 5.76 Å². The number of nitrogens with one attached hydrogen (secondary N) is 1. The first-order valence-electron chi connectivity index (χ1n) is 6.96. The molecule has 0 aliphatic rings. The summed E-state index contributed by atoms with van der Waals surface area (Å²) in [5.41, 5.74) is 1.39. The number of rotatable bonds is 4. The van der Waals surface area contributed by atoms with Crippen LogP contribution < -0.4 is 10.1 Å². The number of amides is 1. The number of furan rings is 1. The fourth-order valence-electron chi connectivity index (χ4n) is 2.16. The number of ether oxygens (including phenoxy) is 1. The Hall–Kier alpha value is -2.72. The smallest absolute Gasteiger partial charge is 0.248 e. The third kappa shape index (κ3) is 3.73. The summed E-state index contributed by atoms with van der Waals surface area (Å²) >= 11 is 5.94. The van der Waals surface area contributed by atoms with Crippen LogP contribution in [-0.2, 0) is 4.79 Å². The molecule has 1 heterocycles. The maximum Gasteiger partial charge on any atom is 0.248 e. The van der Waals surface area contributed by atoms with Crippen LogP contribution in [0.2, 0.25) is 5.02 Å². The summed E-state index contributed by atoms with van der Waals surface area (Å²) in [7, 11) is 1.58. The first kappa shape index (κ1) is 15.2. The van der Waals surface area contributed by atoms with Gasteiger partial charge < -0.3 is 14.5 Å². The van der Waals surface area contributed by atoms with Gasteiger partial charge in [-0.2, -0.15) is 0 Å². The van der Waals surface area contributed by atoms with Crippen LogP contribution in [0, 0.1) is 0 Å². The number of methoxy groups -OCH3 is 1. The molecule has 1 N–H and O–H groups in total. The van der Waals surface area contributed by atoms with E-state index in [4.69, 9.17) is 20.8 Å². The zero-order chi connectivity index (χ0) is 16.2. The largest absolute Gasteiger partial charge is 0.497 e. The Kier molecular flexibility index (Phi) is 4.35. The number of anilines is 1. The van der Waals surface area contributed by atoms with E-state index in [0.29, 0.717) is 22.2 Å². The minimum atomic E-state index is -0.253. The lowest BCUT2D eigenvalue weighted by Gasteiger charge is -2.04. The lowest BCUT2D eigenvalue weighted by atomic mass is 10.2. The van der Waals surface area contributed by atoms with Crippen molar-refractivity contribution in [2.45, 2.75) is 0 Å². The van der Waals surface area contributed by atoms with E-state index >= 15 is 0 Å². The van der Waals surface area contributed by atoms with Crippen molar-refractivity contribution in [2.75, 3.05) is 12.4 Å². The van der Waals surface area contributed by atoms with Crippen LogP contribution >= 0.6 is 11.6 Å². The Morgan fingerprint density at radius 1 is 1.22 bits per heavy atom. The normalized spacial score (nSPS) is 11.0. The molecule has 3 aromatic rings. The van der Waals surface area contributed by atoms with Crippen LogP contribution in [0.4, 0.5) is 5.69 Å². The second kappa shape index (κ2) is 6.58. The van der Waals surface area contributed by atoms with E-state index in [2.05, 4.69) is 5.32 Å². The molecule has 5 heteroatoms. The fraction of sp³-hybridized carbons (Fsp3) is 0.0556. The second-order valence-corrected chi connectivity index (χ2v) is 5.32. The lowest BCUT2D eigenvalue weighted by Crippen LogP contribution is -2.07. The van der Waals surface area contributed by atoms with Gasteiger partial charge in [-0.05, 0) is 42.5 Å². The Morgan fingerprint density at radius 3 is 2.91 bits per heavy atom. The number of benzene rings is 2. The molecular formula is C18H14ClNO3. The van der Waals surface area contributed by atoms with E-state index in [1.807, 2.05) is 18.2 Å². The van der Waals surface area contributed by atoms with Gasteiger partial charge in [0.25, 0.3) is 0 Å². The van der Waals surface area contributed by atoms with Gasteiger partial charge in [-0.1, -0.05) is 17.7 Å². The molecule has 2 aromatic carbocycles. The Balaban J connectivity index is 1.71. The van der Waals surface area contributed by atoms with Crippen molar-refractivity contribution in [1.29, 1.82) is 0 Å². The molecule has 4 nitrogen and oxygen atoms in total. The van der Waals surface area contributed by atoms with Gasteiger partial charge in [0.2, 0.25) is 5.91 Å². The monoisotopic (exact) mass is 327 g/mol. The SMILES string of the molecule is COc1cccc(NC(=O)C=Cc2cc3cc(Cl)ccc3o2)c1. The number of hydrogen-bond acceptors (Lipinski definition) is 3. The van der Waals surface area contributed by atoms with Crippen LogP contribution in [-0.4, -0.2) is 13.0 Å². The van der Waals surface area contributed by atoms with E-state index in [-0.39, 0.29) is 5.91 Å². The number of fused-ring (bicyclic) bond motifs is 1. The molecule has 0 saturated carbocycles. The minimum absolute atomic E-state index is 0.253. The van der Waals surface area contributed by atoms with Crippen molar-refractivity contribution < 1.29 is 13.9 Å². The quantitative estimate of drug-likeness (QED) is 0.704. The maximum absolute atomic E-state index is 12.0. The van der Waals surface area contributed by atoms with Crippen molar-refractivity contribution in [2.24, 2.45) is 0 Å². The van der Waals surface area contributed by atoms with Gasteiger partial charge in [0.05, 0.1) is 7.11 Å². The van der Waals surface area contributed by atoms with Crippen molar-refractivity contribution >= 4 is 40.2 Å². The summed E-state index contributed by atoms with van der Waals surface area (Å²) < 4.78 is 10.7. The molecule has 0 unspecified atom stereocenters. The fourth-order valence-corrected chi connectivity index (χ4v) is 2.34. The van der Waals surface area contributed by atoms with Crippen molar-refractivity contribution in [3.63, 3.8) is 0 Å². The molecule has 0 saturated heterocycles. The molecule has 1 amide bonds. The van der Waals surface area contributed by atoms with Gasteiger partial charge in [0.15, 0.2) is 0 Å². The third-order valence-electron chi connectivity index (χ3n) is 3.23. The molecule has 0 aliphatic carbocycles. The summed E-state index contributed by atoms with van der Waals surface area (Å²) in [6, 6.07) is 14.4. The van der Waals surface area contributed by atoms with Gasteiger partial charge >= 0.3 is 0 Å². The zero-order valence-electron chi connectivity index (χ0n) is 12.4. The minimum Gasteiger partial charge on any atom is -0.497 e. The van der Waals surface area contributed by atoms with E-state index in [1.165, 1.54) is 6.08 Å². The highest BCUT2D eigenvalue weighted by Gasteiger charge is 2.03. The highest BCUT2D eigenvalue weighted by Crippen LogP contribution is 2.23. The molecule has 0 atom stereocenters. The van der Waals surface area contributed by atoms with Gasteiger partial charge in [-0.3, -0.25) is 4.79 Å². The van der Waals surface area contributed by atoms with Crippen LogP contribution in [0.15, 0.2) is 59.0 Å². The third-order valence-corrected chi connectivity index (χ3v) is 3.47. The highest BCUT2D eigenvalue weighted by molar-refractivity contribution is 6.31. The van der Waals surface area contributed by atoms with Crippen LogP contribution in [0.5, 0.6) is 5.75 Å². The van der Waals surface area contributed by atoms with Crippen molar-refractivity contribution in [1.82, 2.24) is 0 Å². The Labute approximate surface area is 138 Å². The molecule has 3 rings (SSSR count). The molecule has 0 spiro atoms. The first-order chi connectivity index (χ1) is 11.1. The van der Waals surface area contributed by atoms with Gasteiger partial charge in [-0.15, -0.1) is 0 Å².